The van der Waals surface area contributed by atoms with Crippen LogP contribution in [0.15, 0.2) is 47.1 Å². The lowest BCUT2D eigenvalue weighted by Crippen LogP contribution is -2.37. The SMILES string of the molecule is Cc1ccc(NC(=O)C[S@](=O)CC(=O)N[C@@H](C)CCc2ccco2)cc1. The zero-order chi connectivity index (χ0) is 18.9. The number of nitrogens with one attached hydrogen (secondary N) is 2. The van der Waals surface area contributed by atoms with E-state index in [0.717, 1.165) is 24.2 Å². The standard InChI is InChI=1S/C19H24N2O4S/c1-14-5-8-16(9-6-14)21-19(23)13-26(24)12-18(22)20-15(2)7-10-17-4-3-11-25-17/h3-6,8-9,11,15H,7,10,12-13H2,1-2H3,(H,20,22)(H,21,23)/t15-,26+/m0/s1. The lowest BCUT2D eigenvalue weighted by atomic mass is 10.1. The first kappa shape index (κ1) is 19.9. The van der Waals surface area contributed by atoms with Crippen molar-refractivity contribution in [3.63, 3.8) is 0 Å². The van der Waals surface area contributed by atoms with Gasteiger partial charge >= 0.3 is 0 Å². The number of furan rings is 1. The Bertz CT molecular complexity index is 741. The van der Waals surface area contributed by atoms with Gasteiger partial charge in [-0.15, -0.1) is 0 Å². The number of carbonyl (C=O) groups excluding carboxylic acids is 2. The molecule has 1 aromatic heterocycles. The first-order valence-corrected chi connectivity index (χ1v) is 9.94. The van der Waals surface area contributed by atoms with Gasteiger partial charge in [-0.3, -0.25) is 13.8 Å². The number of hydrogen-bond acceptors (Lipinski definition) is 4. The molecule has 26 heavy (non-hydrogen) atoms. The summed E-state index contributed by atoms with van der Waals surface area (Å²) < 4.78 is 17.3. The van der Waals surface area contributed by atoms with Crippen LogP contribution in [0, 0.1) is 6.92 Å². The maximum atomic E-state index is 12.0. The molecule has 0 radical (unpaired) electrons. The summed E-state index contributed by atoms with van der Waals surface area (Å²) >= 11 is 0. The highest BCUT2D eigenvalue weighted by Gasteiger charge is 2.14. The van der Waals surface area contributed by atoms with Crippen LogP contribution in [0.1, 0.15) is 24.7 Å². The van der Waals surface area contributed by atoms with Gasteiger partial charge in [0.05, 0.1) is 6.26 Å². The van der Waals surface area contributed by atoms with Crippen molar-refractivity contribution in [1.82, 2.24) is 5.32 Å². The molecule has 0 aliphatic heterocycles. The third-order valence-corrected chi connectivity index (χ3v) is 4.90. The van der Waals surface area contributed by atoms with Crippen LogP contribution in [-0.2, 0) is 26.8 Å². The summed E-state index contributed by atoms with van der Waals surface area (Å²) in [5.41, 5.74) is 1.73. The fraction of sp³-hybridized carbons (Fsp3) is 0.368. The average molecular weight is 376 g/mol. The molecule has 140 valence electrons. The summed E-state index contributed by atoms with van der Waals surface area (Å²) in [4.78, 5) is 23.8. The summed E-state index contributed by atoms with van der Waals surface area (Å²) in [5, 5.41) is 5.47. The summed E-state index contributed by atoms with van der Waals surface area (Å²) in [6.45, 7) is 3.84. The zero-order valence-corrected chi connectivity index (χ0v) is 15.8. The lowest BCUT2D eigenvalue weighted by molar-refractivity contribution is -0.119. The molecule has 0 aliphatic carbocycles. The van der Waals surface area contributed by atoms with Gasteiger partial charge < -0.3 is 15.1 Å². The second-order valence-electron chi connectivity index (χ2n) is 6.23. The molecular weight excluding hydrogens is 352 g/mol. The molecule has 0 spiro atoms. The van der Waals surface area contributed by atoms with Crippen LogP contribution in [0.5, 0.6) is 0 Å². The van der Waals surface area contributed by atoms with E-state index >= 15 is 0 Å². The Labute approximate surface area is 155 Å². The molecule has 1 aromatic carbocycles. The van der Waals surface area contributed by atoms with Gasteiger partial charge in [-0.2, -0.15) is 0 Å². The van der Waals surface area contributed by atoms with Crippen molar-refractivity contribution in [2.75, 3.05) is 16.8 Å². The summed E-state index contributed by atoms with van der Waals surface area (Å²) in [7, 11) is -1.55. The van der Waals surface area contributed by atoms with Crippen LogP contribution in [0.2, 0.25) is 0 Å². The molecule has 6 nitrogen and oxygen atoms in total. The van der Waals surface area contributed by atoms with Crippen molar-refractivity contribution in [3.8, 4) is 0 Å². The molecule has 0 saturated heterocycles. The summed E-state index contributed by atoms with van der Waals surface area (Å²) in [5.74, 6) is -0.221. The van der Waals surface area contributed by atoms with Gasteiger partial charge in [-0.1, -0.05) is 17.7 Å². The molecule has 0 aliphatic rings. The number of aryl methyl sites for hydroxylation is 2. The fourth-order valence-electron chi connectivity index (χ4n) is 2.38. The van der Waals surface area contributed by atoms with E-state index < -0.39 is 10.8 Å². The average Bonchev–Trinajstić information content (AvgIpc) is 3.08. The number of rotatable bonds is 9. The van der Waals surface area contributed by atoms with Crippen molar-refractivity contribution in [1.29, 1.82) is 0 Å². The maximum Gasteiger partial charge on any atom is 0.237 e. The van der Waals surface area contributed by atoms with Crippen LogP contribution < -0.4 is 10.6 Å². The summed E-state index contributed by atoms with van der Waals surface area (Å²) in [6.07, 6.45) is 3.06. The minimum Gasteiger partial charge on any atom is -0.469 e. The largest absolute Gasteiger partial charge is 0.469 e. The first-order chi connectivity index (χ1) is 12.4. The normalized spacial score (nSPS) is 13.0. The van der Waals surface area contributed by atoms with Gasteiger partial charge in [0.1, 0.15) is 17.3 Å². The Morgan fingerprint density at radius 1 is 1.12 bits per heavy atom. The molecule has 2 rings (SSSR count). The molecule has 2 aromatic rings. The molecule has 0 unspecified atom stereocenters. The third kappa shape index (κ3) is 7.23. The van der Waals surface area contributed by atoms with Crippen molar-refractivity contribution >= 4 is 28.3 Å². The highest BCUT2D eigenvalue weighted by molar-refractivity contribution is 7.86. The van der Waals surface area contributed by atoms with Crippen LogP contribution in [0.25, 0.3) is 0 Å². The Kier molecular flexibility index (Phi) is 7.59. The Balaban J connectivity index is 1.68. The van der Waals surface area contributed by atoms with Crippen LogP contribution in [0.3, 0.4) is 0 Å². The van der Waals surface area contributed by atoms with Crippen molar-refractivity contribution in [2.45, 2.75) is 32.7 Å². The Morgan fingerprint density at radius 3 is 2.46 bits per heavy atom. The van der Waals surface area contributed by atoms with Gasteiger partial charge in [0, 0.05) is 28.9 Å². The number of anilines is 1. The molecule has 2 amide bonds. The van der Waals surface area contributed by atoms with E-state index in [1.54, 1.807) is 18.4 Å². The van der Waals surface area contributed by atoms with E-state index in [0.29, 0.717) is 5.69 Å². The predicted molar refractivity (Wildman–Crippen MR) is 102 cm³/mol. The monoisotopic (exact) mass is 376 g/mol. The number of hydrogen-bond donors (Lipinski definition) is 2. The lowest BCUT2D eigenvalue weighted by Gasteiger charge is -2.13. The van der Waals surface area contributed by atoms with Crippen molar-refractivity contribution in [3.05, 3.63) is 54.0 Å². The third-order valence-electron chi connectivity index (χ3n) is 3.73. The van der Waals surface area contributed by atoms with E-state index in [9.17, 15) is 13.8 Å². The highest BCUT2D eigenvalue weighted by Crippen LogP contribution is 2.08. The van der Waals surface area contributed by atoms with E-state index in [2.05, 4.69) is 10.6 Å². The van der Waals surface area contributed by atoms with E-state index in [-0.39, 0.29) is 29.4 Å². The zero-order valence-electron chi connectivity index (χ0n) is 15.0. The van der Waals surface area contributed by atoms with E-state index in [4.69, 9.17) is 4.42 Å². The van der Waals surface area contributed by atoms with Gasteiger partial charge in [-0.25, -0.2) is 0 Å². The topological polar surface area (TPSA) is 88.4 Å². The molecule has 2 N–H and O–H groups in total. The molecule has 2 atom stereocenters. The Morgan fingerprint density at radius 2 is 1.81 bits per heavy atom. The minimum atomic E-state index is -1.55. The smallest absolute Gasteiger partial charge is 0.237 e. The highest BCUT2D eigenvalue weighted by atomic mass is 32.2. The molecule has 0 saturated carbocycles. The number of carbonyl (C=O) groups is 2. The molecule has 0 bridgehead atoms. The van der Waals surface area contributed by atoms with E-state index in [1.807, 2.05) is 38.1 Å². The predicted octanol–water partition coefficient (Wildman–Crippen LogP) is 2.41. The van der Waals surface area contributed by atoms with Gasteiger partial charge in [0.2, 0.25) is 11.8 Å². The second kappa shape index (κ2) is 9.91. The minimum absolute atomic E-state index is 0.0639. The molecular formula is C19H24N2O4S. The van der Waals surface area contributed by atoms with Gasteiger partial charge in [0.15, 0.2) is 0 Å². The van der Waals surface area contributed by atoms with Crippen LogP contribution in [-0.4, -0.2) is 33.6 Å². The number of amides is 2. The number of benzene rings is 1. The molecule has 1 heterocycles. The van der Waals surface area contributed by atoms with Gasteiger partial charge in [0.25, 0.3) is 0 Å². The quantitative estimate of drug-likeness (QED) is 0.703. The van der Waals surface area contributed by atoms with Crippen LogP contribution >= 0.6 is 0 Å². The first-order valence-electron chi connectivity index (χ1n) is 8.45. The van der Waals surface area contributed by atoms with Crippen molar-refractivity contribution < 1.29 is 18.2 Å². The van der Waals surface area contributed by atoms with Crippen LogP contribution in [0.4, 0.5) is 5.69 Å². The second-order valence-corrected chi connectivity index (χ2v) is 7.69. The maximum absolute atomic E-state index is 12.0. The fourth-order valence-corrected chi connectivity index (χ4v) is 3.22. The molecule has 0 fully saturated rings. The Hall–Kier alpha value is -2.41. The molecule has 7 heteroatoms. The van der Waals surface area contributed by atoms with Gasteiger partial charge in [-0.05, 0) is 44.5 Å². The summed E-state index contributed by atoms with van der Waals surface area (Å²) in [6, 6.07) is 11.0. The van der Waals surface area contributed by atoms with Crippen molar-refractivity contribution in [2.24, 2.45) is 0 Å². The van der Waals surface area contributed by atoms with E-state index in [1.165, 1.54) is 0 Å².